The molecule has 1 N–H and O–H groups in total. The van der Waals surface area contributed by atoms with E-state index in [0.29, 0.717) is 6.42 Å². The lowest BCUT2D eigenvalue weighted by Gasteiger charge is -2.08. The van der Waals surface area contributed by atoms with Gasteiger partial charge in [-0.15, -0.1) is 0 Å². The molecule has 88 valence electrons. The molecule has 0 bridgehead atoms. The lowest BCUT2D eigenvalue weighted by Crippen LogP contribution is -2.04. The molecule has 5 heteroatoms. The van der Waals surface area contributed by atoms with E-state index in [2.05, 4.69) is 15.9 Å². The van der Waals surface area contributed by atoms with E-state index in [0.717, 1.165) is 23.5 Å². The van der Waals surface area contributed by atoms with Crippen molar-refractivity contribution in [2.75, 3.05) is 5.33 Å². The molecule has 0 radical (unpaired) electrons. The molecule has 0 aliphatic carbocycles. The highest BCUT2D eigenvalue weighted by atomic mass is 79.9. The van der Waals surface area contributed by atoms with Crippen molar-refractivity contribution in [1.82, 2.24) is 0 Å². The highest BCUT2D eigenvalue weighted by Crippen LogP contribution is 2.32. The fraction of sp³-hybridized carbons (Fsp3) is 0.273. The van der Waals surface area contributed by atoms with Crippen LogP contribution in [-0.2, 0) is 6.18 Å². The van der Waals surface area contributed by atoms with Crippen LogP contribution in [0.15, 0.2) is 24.3 Å². The Morgan fingerprint density at radius 1 is 1.31 bits per heavy atom. The molecule has 1 nitrogen and oxygen atoms in total. The number of halogens is 4. The molecule has 0 saturated heterocycles. The maximum absolute atomic E-state index is 12.4. The molecule has 1 aromatic rings. The lowest BCUT2D eigenvalue weighted by molar-refractivity contribution is -0.137. The Labute approximate surface area is 99.7 Å². The molecule has 0 saturated carbocycles. The van der Waals surface area contributed by atoms with E-state index in [1.54, 1.807) is 6.08 Å². The first-order chi connectivity index (χ1) is 7.45. The second-order valence-electron chi connectivity index (χ2n) is 3.15. The Hall–Kier alpha value is -0.970. The van der Waals surface area contributed by atoms with Gasteiger partial charge in [-0.1, -0.05) is 28.1 Å². The van der Waals surface area contributed by atoms with Crippen LogP contribution in [0.1, 0.15) is 17.5 Å². The van der Waals surface area contributed by atoms with E-state index >= 15 is 0 Å². The maximum atomic E-state index is 12.4. The third-order valence-corrected chi connectivity index (χ3v) is 2.39. The third-order valence-electron chi connectivity index (χ3n) is 1.93. The van der Waals surface area contributed by atoms with Gasteiger partial charge in [0.15, 0.2) is 0 Å². The minimum absolute atomic E-state index is 0.154. The SMILES string of the molecule is Oc1ccc(C(F)(F)F)cc1C=CCCBr. The summed E-state index contributed by atoms with van der Waals surface area (Å²) in [4.78, 5) is 0. The van der Waals surface area contributed by atoms with Gasteiger partial charge >= 0.3 is 6.18 Å². The van der Waals surface area contributed by atoms with Crippen molar-refractivity contribution in [2.24, 2.45) is 0 Å². The topological polar surface area (TPSA) is 20.2 Å². The Morgan fingerprint density at radius 3 is 2.56 bits per heavy atom. The number of phenols is 1. The van der Waals surface area contributed by atoms with Crippen molar-refractivity contribution in [2.45, 2.75) is 12.6 Å². The van der Waals surface area contributed by atoms with Gasteiger partial charge in [-0.3, -0.25) is 0 Å². The van der Waals surface area contributed by atoms with Crippen LogP contribution >= 0.6 is 15.9 Å². The molecule has 16 heavy (non-hydrogen) atoms. The van der Waals surface area contributed by atoms with Crippen LogP contribution < -0.4 is 0 Å². The zero-order valence-corrected chi connectivity index (χ0v) is 9.85. The van der Waals surface area contributed by atoms with Gasteiger partial charge < -0.3 is 5.11 Å². The molecule has 1 rings (SSSR count). The predicted octanol–water partition coefficient (Wildman–Crippen LogP) is 4.21. The summed E-state index contributed by atoms with van der Waals surface area (Å²) in [5.41, 5.74) is -0.584. The van der Waals surface area contributed by atoms with E-state index in [1.165, 1.54) is 6.08 Å². The zero-order chi connectivity index (χ0) is 12.2. The summed E-state index contributed by atoms with van der Waals surface area (Å²) in [6, 6.07) is 2.84. The van der Waals surface area contributed by atoms with E-state index in [4.69, 9.17) is 0 Å². The molecular formula is C11H10BrF3O. The van der Waals surface area contributed by atoms with Gasteiger partial charge in [-0.25, -0.2) is 0 Å². The molecule has 0 amide bonds. The van der Waals surface area contributed by atoms with Crippen LogP contribution in [0.2, 0.25) is 0 Å². The van der Waals surface area contributed by atoms with E-state index < -0.39 is 11.7 Å². The fourth-order valence-electron chi connectivity index (χ4n) is 1.14. The van der Waals surface area contributed by atoms with Gasteiger partial charge in [-0.05, 0) is 24.6 Å². The van der Waals surface area contributed by atoms with Gasteiger partial charge in [0.25, 0.3) is 0 Å². The lowest BCUT2D eigenvalue weighted by atomic mass is 10.1. The number of hydrogen-bond donors (Lipinski definition) is 1. The summed E-state index contributed by atoms with van der Waals surface area (Å²) in [5.74, 6) is -0.154. The van der Waals surface area contributed by atoms with E-state index in [9.17, 15) is 18.3 Å². The standard InChI is InChI=1S/C11H10BrF3O/c12-6-2-1-3-8-7-9(11(13,14)15)4-5-10(8)16/h1,3-5,7,16H,2,6H2. The number of benzene rings is 1. The minimum Gasteiger partial charge on any atom is -0.507 e. The average Bonchev–Trinajstić information content (AvgIpc) is 2.19. The number of rotatable bonds is 3. The first-order valence-electron chi connectivity index (χ1n) is 4.58. The minimum atomic E-state index is -4.38. The summed E-state index contributed by atoms with van der Waals surface area (Å²) in [6.07, 6.45) is -0.517. The van der Waals surface area contributed by atoms with Crippen molar-refractivity contribution >= 4 is 22.0 Å². The monoisotopic (exact) mass is 294 g/mol. The van der Waals surface area contributed by atoms with Crippen molar-refractivity contribution in [3.05, 3.63) is 35.4 Å². The normalized spacial score (nSPS) is 12.2. The Kier molecular flexibility index (Phi) is 4.41. The molecular weight excluding hydrogens is 285 g/mol. The number of phenolic OH excluding ortho intramolecular Hbond substituents is 1. The molecule has 0 aliphatic heterocycles. The summed E-state index contributed by atoms with van der Waals surface area (Å²) < 4.78 is 37.1. The Morgan fingerprint density at radius 2 is 2.00 bits per heavy atom. The van der Waals surface area contributed by atoms with Crippen molar-refractivity contribution in [1.29, 1.82) is 0 Å². The van der Waals surface area contributed by atoms with Crippen molar-refractivity contribution in [3.8, 4) is 5.75 Å². The molecule has 0 fully saturated rings. The number of alkyl halides is 4. The van der Waals surface area contributed by atoms with Gasteiger partial charge in [0.05, 0.1) is 5.56 Å². The second kappa shape index (κ2) is 5.39. The first-order valence-corrected chi connectivity index (χ1v) is 5.70. The highest BCUT2D eigenvalue weighted by Gasteiger charge is 2.30. The van der Waals surface area contributed by atoms with E-state index in [1.807, 2.05) is 0 Å². The molecule has 0 aromatic heterocycles. The third kappa shape index (κ3) is 3.56. The summed E-state index contributed by atoms with van der Waals surface area (Å²) in [7, 11) is 0. The number of aromatic hydroxyl groups is 1. The van der Waals surface area contributed by atoms with Crippen LogP contribution in [0, 0.1) is 0 Å². The quantitative estimate of drug-likeness (QED) is 0.828. The van der Waals surface area contributed by atoms with Crippen LogP contribution in [0.4, 0.5) is 13.2 Å². The van der Waals surface area contributed by atoms with Gasteiger partial charge in [0.1, 0.15) is 5.75 Å². The Bertz CT molecular complexity index is 385. The predicted molar refractivity (Wildman–Crippen MR) is 60.6 cm³/mol. The smallest absolute Gasteiger partial charge is 0.416 e. The highest BCUT2D eigenvalue weighted by molar-refractivity contribution is 9.09. The fourth-order valence-corrected chi connectivity index (χ4v) is 1.40. The Balaban J connectivity index is 3.00. The summed E-state index contributed by atoms with van der Waals surface area (Å²) >= 11 is 3.19. The molecule has 0 heterocycles. The van der Waals surface area contributed by atoms with Crippen LogP contribution in [0.25, 0.3) is 6.08 Å². The number of hydrogen-bond acceptors (Lipinski definition) is 1. The van der Waals surface area contributed by atoms with Crippen molar-refractivity contribution < 1.29 is 18.3 Å². The van der Waals surface area contributed by atoms with Gasteiger partial charge in [0, 0.05) is 10.9 Å². The summed E-state index contributed by atoms with van der Waals surface area (Å²) in [6.45, 7) is 0. The molecule has 0 atom stereocenters. The van der Waals surface area contributed by atoms with Crippen LogP contribution in [-0.4, -0.2) is 10.4 Å². The van der Waals surface area contributed by atoms with Crippen LogP contribution in [0.5, 0.6) is 5.75 Å². The largest absolute Gasteiger partial charge is 0.507 e. The average molecular weight is 295 g/mol. The molecule has 0 aliphatic rings. The maximum Gasteiger partial charge on any atom is 0.416 e. The summed E-state index contributed by atoms with van der Waals surface area (Å²) in [5, 5.41) is 10.1. The first kappa shape index (κ1) is 13.1. The number of allylic oxidation sites excluding steroid dienone is 1. The molecule has 0 spiro atoms. The van der Waals surface area contributed by atoms with Crippen molar-refractivity contribution in [3.63, 3.8) is 0 Å². The van der Waals surface area contributed by atoms with Crippen LogP contribution in [0.3, 0.4) is 0 Å². The van der Waals surface area contributed by atoms with Gasteiger partial charge in [-0.2, -0.15) is 13.2 Å². The molecule has 0 unspecified atom stereocenters. The van der Waals surface area contributed by atoms with Gasteiger partial charge in [0.2, 0.25) is 0 Å². The molecule has 1 aromatic carbocycles. The zero-order valence-electron chi connectivity index (χ0n) is 8.26. The second-order valence-corrected chi connectivity index (χ2v) is 3.94. The van der Waals surface area contributed by atoms with E-state index in [-0.39, 0.29) is 11.3 Å².